The molecule has 0 aliphatic carbocycles. The largest absolute Gasteiger partial charge is 0.496 e. The number of hydrogen-bond donors (Lipinski definition) is 5. The normalized spacial score (nSPS) is 14.1. The number of amides is 2. The van der Waals surface area contributed by atoms with E-state index in [0.717, 1.165) is 79.6 Å². The molecule has 0 spiro atoms. The predicted molar refractivity (Wildman–Crippen MR) is 193 cm³/mol. The number of carbonyl (C=O) groups is 3. The molecule has 0 radical (unpaired) electrons. The summed E-state index contributed by atoms with van der Waals surface area (Å²) in [6, 6.07) is 8.00. The molecule has 0 bridgehead atoms. The Morgan fingerprint density at radius 2 is 1.78 bits per heavy atom. The van der Waals surface area contributed by atoms with E-state index in [0.29, 0.717) is 57.7 Å². The van der Waals surface area contributed by atoms with Crippen LogP contribution in [0.5, 0.6) is 5.75 Å². The molecular weight excluding hydrogens is 640 g/mol. The zero-order chi connectivity index (χ0) is 35.9. The highest BCUT2D eigenvalue weighted by Gasteiger charge is 2.22. The quantitative estimate of drug-likeness (QED) is 0.103. The SMILES string of the molecule is CCCC[C@@H](CO)Nc1nc(N)nc2ccn(Cc3cc(CN4CCN(C(=O)CCCC(=O)NCCCCCC(=O)O)CC4)ccc3OC)c12. The van der Waals surface area contributed by atoms with E-state index in [1.165, 1.54) is 0 Å². The van der Waals surface area contributed by atoms with Crippen LogP contribution in [0.2, 0.25) is 0 Å². The number of piperazine rings is 1. The zero-order valence-electron chi connectivity index (χ0n) is 29.5. The van der Waals surface area contributed by atoms with Crippen LogP contribution in [0.15, 0.2) is 30.5 Å². The van der Waals surface area contributed by atoms with Gasteiger partial charge in [-0.3, -0.25) is 19.3 Å². The molecule has 6 N–H and O–H groups in total. The molecule has 0 saturated carbocycles. The van der Waals surface area contributed by atoms with Crippen LogP contribution in [-0.2, 0) is 27.5 Å². The van der Waals surface area contributed by atoms with Crippen molar-refractivity contribution < 1.29 is 29.3 Å². The van der Waals surface area contributed by atoms with E-state index in [1.54, 1.807) is 7.11 Å². The van der Waals surface area contributed by atoms with Crippen molar-refractivity contribution in [3.63, 3.8) is 0 Å². The number of nitrogens with one attached hydrogen (secondary N) is 2. The van der Waals surface area contributed by atoms with Gasteiger partial charge in [0.05, 0.1) is 31.8 Å². The first kappa shape index (κ1) is 38.4. The fourth-order valence-corrected chi connectivity index (χ4v) is 6.31. The molecule has 2 aromatic heterocycles. The number of carboxylic acid groups (broad SMARTS) is 1. The van der Waals surface area contributed by atoms with Gasteiger partial charge in [-0.15, -0.1) is 0 Å². The standard InChI is InChI=1S/C36H54N8O6/c1-3-4-9-28(25-45)39-35-34-29(40-36(37)41-35)15-17-44(34)24-27-22-26(13-14-30(27)50-2)23-42-18-20-43(21-19-42)32(47)11-8-10-31(46)38-16-7-5-6-12-33(48)49/h13-15,17,22,28,45H,3-12,16,18-21,23-25H2,1-2H3,(H,38,46)(H,48,49)(H3,37,39,40,41)/t28-/m0/s1. The van der Waals surface area contributed by atoms with Crippen molar-refractivity contribution >= 4 is 40.6 Å². The topological polar surface area (TPSA) is 188 Å². The Bertz CT molecular complexity index is 1550. The summed E-state index contributed by atoms with van der Waals surface area (Å²) in [6.07, 6.45) is 8.23. The van der Waals surface area contributed by atoms with Crippen molar-refractivity contribution in [2.45, 2.75) is 90.3 Å². The number of nitrogen functional groups attached to an aromatic ring is 1. The number of carboxylic acids is 1. The Kier molecular flexibility index (Phi) is 15.1. The Morgan fingerprint density at radius 1 is 0.980 bits per heavy atom. The lowest BCUT2D eigenvalue weighted by Gasteiger charge is -2.35. The molecular formula is C36H54N8O6. The van der Waals surface area contributed by atoms with Crippen LogP contribution in [0.25, 0.3) is 11.0 Å². The van der Waals surface area contributed by atoms with Crippen LogP contribution in [0.3, 0.4) is 0 Å². The maximum absolute atomic E-state index is 12.8. The second-order valence-corrected chi connectivity index (χ2v) is 13.0. The second-order valence-electron chi connectivity index (χ2n) is 13.0. The van der Waals surface area contributed by atoms with Gasteiger partial charge in [-0.05, 0) is 49.4 Å². The van der Waals surface area contributed by atoms with Gasteiger partial charge in [-0.2, -0.15) is 4.98 Å². The molecule has 2 amide bonds. The Labute approximate surface area is 294 Å². The fourth-order valence-electron chi connectivity index (χ4n) is 6.31. The number of aromatic nitrogens is 3. The van der Waals surface area contributed by atoms with Gasteiger partial charge in [0, 0.05) is 70.3 Å². The minimum atomic E-state index is -0.799. The van der Waals surface area contributed by atoms with Gasteiger partial charge in [-0.1, -0.05) is 32.3 Å². The lowest BCUT2D eigenvalue weighted by molar-refractivity contribution is -0.137. The average molecular weight is 695 g/mol. The van der Waals surface area contributed by atoms with E-state index in [4.69, 9.17) is 15.6 Å². The summed E-state index contributed by atoms with van der Waals surface area (Å²) < 4.78 is 7.82. The smallest absolute Gasteiger partial charge is 0.303 e. The maximum atomic E-state index is 12.8. The molecule has 1 atom stereocenters. The number of ether oxygens (including phenoxy) is 1. The van der Waals surface area contributed by atoms with Crippen molar-refractivity contribution in [3.05, 3.63) is 41.6 Å². The molecule has 1 aromatic carbocycles. The number of unbranched alkanes of at least 4 members (excludes halogenated alkanes) is 3. The van der Waals surface area contributed by atoms with E-state index in [2.05, 4.69) is 49.1 Å². The number of aliphatic hydroxyl groups is 1. The van der Waals surface area contributed by atoms with Crippen LogP contribution >= 0.6 is 0 Å². The molecule has 50 heavy (non-hydrogen) atoms. The Balaban J connectivity index is 1.28. The summed E-state index contributed by atoms with van der Waals surface area (Å²) in [4.78, 5) is 48.7. The number of aliphatic hydroxyl groups excluding tert-OH is 1. The fraction of sp³-hybridized carbons (Fsp3) is 0.583. The number of hydrogen-bond acceptors (Lipinski definition) is 10. The van der Waals surface area contributed by atoms with Gasteiger partial charge in [0.2, 0.25) is 17.8 Å². The van der Waals surface area contributed by atoms with Crippen molar-refractivity contribution in [3.8, 4) is 5.75 Å². The third kappa shape index (κ3) is 11.6. The summed E-state index contributed by atoms with van der Waals surface area (Å²) >= 11 is 0. The number of anilines is 2. The lowest BCUT2D eigenvalue weighted by atomic mass is 10.1. The van der Waals surface area contributed by atoms with Crippen molar-refractivity contribution in [1.29, 1.82) is 0 Å². The summed E-state index contributed by atoms with van der Waals surface area (Å²) in [5, 5.41) is 24.9. The molecule has 1 aliphatic rings. The Morgan fingerprint density at radius 3 is 2.50 bits per heavy atom. The highest BCUT2D eigenvalue weighted by molar-refractivity contribution is 5.88. The summed E-state index contributed by atoms with van der Waals surface area (Å²) in [7, 11) is 1.67. The molecule has 1 fully saturated rings. The monoisotopic (exact) mass is 694 g/mol. The molecule has 1 saturated heterocycles. The first-order valence-electron chi connectivity index (χ1n) is 17.8. The third-order valence-corrected chi connectivity index (χ3v) is 9.10. The van der Waals surface area contributed by atoms with Crippen molar-refractivity contribution in [2.75, 3.05) is 57.5 Å². The molecule has 3 heterocycles. The predicted octanol–water partition coefficient (Wildman–Crippen LogP) is 3.61. The number of fused-ring (bicyclic) bond motifs is 1. The van der Waals surface area contributed by atoms with Gasteiger partial charge < -0.3 is 40.8 Å². The van der Waals surface area contributed by atoms with Gasteiger partial charge in [-0.25, -0.2) is 4.98 Å². The molecule has 14 heteroatoms. The van der Waals surface area contributed by atoms with Crippen molar-refractivity contribution in [2.24, 2.45) is 0 Å². The molecule has 0 unspecified atom stereocenters. The van der Waals surface area contributed by atoms with Gasteiger partial charge >= 0.3 is 5.97 Å². The van der Waals surface area contributed by atoms with E-state index in [9.17, 15) is 19.5 Å². The van der Waals surface area contributed by atoms with Crippen LogP contribution < -0.4 is 21.1 Å². The highest BCUT2D eigenvalue weighted by Crippen LogP contribution is 2.28. The number of rotatable bonds is 21. The third-order valence-electron chi connectivity index (χ3n) is 9.10. The van der Waals surface area contributed by atoms with Gasteiger partial charge in [0.25, 0.3) is 0 Å². The number of aliphatic carboxylic acids is 1. The first-order chi connectivity index (χ1) is 24.2. The van der Waals surface area contributed by atoms with E-state index >= 15 is 0 Å². The molecule has 3 aromatic rings. The highest BCUT2D eigenvalue weighted by atomic mass is 16.5. The van der Waals surface area contributed by atoms with Gasteiger partial charge in [0.15, 0.2) is 5.82 Å². The number of nitrogens with zero attached hydrogens (tertiary/aromatic N) is 5. The summed E-state index contributed by atoms with van der Waals surface area (Å²) in [5.41, 5.74) is 9.72. The Hall–Kier alpha value is -4.43. The maximum Gasteiger partial charge on any atom is 0.303 e. The van der Waals surface area contributed by atoms with E-state index in [1.807, 2.05) is 23.2 Å². The molecule has 4 rings (SSSR count). The number of methoxy groups -OCH3 is 1. The lowest BCUT2D eigenvalue weighted by Crippen LogP contribution is -2.48. The minimum absolute atomic E-state index is 0.00989. The van der Waals surface area contributed by atoms with E-state index in [-0.39, 0.29) is 36.8 Å². The molecule has 14 nitrogen and oxygen atoms in total. The number of carbonyl (C=O) groups excluding carboxylic acids is 2. The van der Waals surface area contributed by atoms with Crippen LogP contribution in [0.4, 0.5) is 11.8 Å². The second kappa shape index (κ2) is 19.7. The number of nitrogens with two attached hydrogens (primary N) is 1. The minimum Gasteiger partial charge on any atom is -0.496 e. The summed E-state index contributed by atoms with van der Waals surface area (Å²) in [5.74, 6) is 0.753. The van der Waals surface area contributed by atoms with Crippen molar-refractivity contribution in [1.82, 2.24) is 29.7 Å². The van der Waals surface area contributed by atoms with Crippen LogP contribution in [0, 0.1) is 0 Å². The molecule has 274 valence electrons. The summed E-state index contributed by atoms with van der Waals surface area (Å²) in [6.45, 7) is 6.71. The zero-order valence-corrected chi connectivity index (χ0v) is 29.5. The van der Waals surface area contributed by atoms with Gasteiger partial charge in [0.1, 0.15) is 11.3 Å². The van der Waals surface area contributed by atoms with E-state index < -0.39 is 5.97 Å². The number of benzene rings is 1. The average Bonchev–Trinajstić information content (AvgIpc) is 3.50. The van der Waals surface area contributed by atoms with Crippen LogP contribution in [-0.4, -0.2) is 105 Å². The first-order valence-corrected chi connectivity index (χ1v) is 17.8. The molecule has 1 aliphatic heterocycles. The van der Waals surface area contributed by atoms with Crippen LogP contribution in [0.1, 0.15) is 82.3 Å².